The zero-order valence-electron chi connectivity index (χ0n) is 9.29. The van der Waals surface area contributed by atoms with Crippen LogP contribution in [0.4, 0.5) is 5.69 Å². The van der Waals surface area contributed by atoms with Gasteiger partial charge in [0.1, 0.15) is 0 Å². The number of benzene rings is 1. The molecule has 2 heteroatoms. The molecule has 15 heavy (non-hydrogen) atoms. The van der Waals surface area contributed by atoms with Gasteiger partial charge < -0.3 is 5.73 Å². The topological polar surface area (TPSA) is 26.0 Å². The van der Waals surface area contributed by atoms with Crippen molar-refractivity contribution < 1.29 is 0 Å². The van der Waals surface area contributed by atoms with Crippen molar-refractivity contribution in [1.82, 2.24) is 0 Å². The summed E-state index contributed by atoms with van der Waals surface area (Å²) in [5, 5.41) is 2.11. The van der Waals surface area contributed by atoms with E-state index < -0.39 is 0 Å². The van der Waals surface area contributed by atoms with Crippen LogP contribution in [0.15, 0.2) is 23.6 Å². The third kappa shape index (κ3) is 1.77. The number of rotatable bonds is 1. The van der Waals surface area contributed by atoms with E-state index in [2.05, 4.69) is 44.4 Å². The van der Waals surface area contributed by atoms with Crippen molar-refractivity contribution in [3.05, 3.63) is 40.3 Å². The first kappa shape index (κ1) is 10.2. The molecule has 0 bridgehead atoms. The van der Waals surface area contributed by atoms with Crippen LogP contribution < -0.4 is 5.73 Å². The monoisotopic (exact) mass is 217 g/mol. The Morgan fingerprint density at radius 1 is 1.00 bits per heavy atom. The van der Waals surface area contributed by atoms with Crippen molar-refractivity contribution in [2.24, 2.45) is 0 Å². The third-order valence-electron chi connectivity index (χ3n) is 2.77. The van der Waals surface area contributed by atoms with Gasteiger partial charge in [-0.3, -0.25) is 0 Å². The van der Waals surface area contributed by atoms with Crippen molar-refractivity contribution in [3.63, 3.8) is 0 Å². The quantitative estimate of drug-likeness (QED) is 0.720. The molecule has 0 spiro atoms. The number of nitrogens with two attached hydrogens (primary N) is 1. The number of thiophene rings is 1. The highest BCUT2D eigenvalue weighted by atomic mass is 32.1. The third-order valence-corrected chi connectivity index (χ3v) is 3.82. The van der Waals surface area contributed by atoms with Crippen molar-refractivity contribution in [1.29, 1.82) is 0 Å². The highest BCUT2D eigenvalue weighted by Crippen LogP contribution is 2.34. The molecule has 2 rings (SSSR count). The van der Waals surface area contributed by atoms with Crippen LogP contribution in [0.2, 0.25) is 0 Å². The first-order chi connectivity index (χ1) is 7.09. The first-order valence-corrected chi connectivity index (χ1v) is 5.88. The predicted octanol–water partition coefficient (Wildman–Crippen LogP) is 3.92. The van der Waals surface area contributed by atoms with Crippen molar-refractivity contribution in [2.45, 2.75) is 20.8 Å². The molecular formula is C13H15NS. The van der Waals surface area contributed by atoms with Gasteiger partial charge in [0.2, 0.25) is 0 Å². The lowest BCUT2D eigenvalue weighted by molar-refractivity contribution is 1.34. The number of anilines is 1. The Balaban J connectivity index is 2.64. The second-order valence-electron chi connectivity index (χ2n) is 3.96. The summed E-state index contributed by atoms with van der Waals surface area (Å²) in [6.07, 6.45) is 0. The van der Waals surface area contributed by atoms with Gasteiger partial charge in [0, 0.05) is 16.1 Å². The van der Waals surface area contributed by atoms with E-state index >= 15 is 0 Å². The Morgan fingerprint density at radius 3 is 2.27 bits per heavy atom. The van der Waals surface area contributed by atoms with E-state index in [-0.39, 0.29) is 0 Å². The van der Waals surface area contributed by atoms with Crippen LogP contribution in [0.3, 0.4) is 0 Å². The van der Waals surface area contributed by atoms with Gasteiger partial charge in [-0.25, -0.2) is 0 Å². The van der Waals surface area contributed by atoms with E-state index in [4.69, 9.17) is 5.73 Å². The van der Waals surface area contributed by atoms with Crippen LogP contribution in [-0.2, 0) is 0 Å². The molecule has 0 saturated heterocycles. The predicted molar refractivity (Wildman–Crippen MR) is 68.4 cm³/mol. The molecule has 0 aliphatic heterocycles. The molecule has 0 fully saturated rings. The number of hydrogen-bond donors (Lipinski definition) is 1. The molecule has 1 aromatic carbocycles. The van der Waals surface area contributed by atoms with Gasteiger partial charge in [-0.2, -0.15) is 0 Å². The summed E-state index contributed by atoms with van der Waals surface area (Å²) in [5.74, 6) is 0. The Kier molecular flexibility index (Phi) is 2.53. The fourth-order valence-corrected chi connectivity index (χ4v) is 2.65. The molecule has 1 heterocycles. The smallest absolute Gasteiger partial charge is 0.0404 e. The van der Waals surface area contributed by atoms with E-state index in [9.17, 15) is 0 Å². The molecule has 2 N–H and O–H groups in total. The average molecular weight is 217 g/mol. The molecule has 0 unspecified atom stereocenters. The fraction of sp³-hybridized carbons (Fsp3) is 0.231. The summed E-state index contributed by atoms with van der Waals surface area (Å²) >= 11 is 1.75. The average Bonchev–Trinajstić information content (AvgIpc) is 2.58. The molecule has 1 nitrogen and oxygen atoms in total. The van der Waals surface area contributed by atoms with Gasteiger partial charge in [0.05, 0.1) is 0 Å². The van der Waals surface area contributed by atoms with Crippen LogP contribution in [0.5, 0.6) is 0 Å². The fourth-order valence-electron chi connectivity index (χ4n) is 1.68. The van der Waals surface area contributed by atoms with E-state index in [0.717, 1.165) is 5.69 Å². The highest BCUT2D eigenvalue weighted by Gasteiger charge is 2.08. The second kappa shape index (κ2) is 3.70. The highest BCUT2D eigenvalue weighted by molar-refractivity contribution is 7.13. The van der Waals surface area contributed by atoms with Gasteiger partial charge in [0.25, 0.3) is 0 Å². The summed E-state index contributed by atoms with van der Waals surface area (Å²) < 4.78 is 0. The van der Waals surface area contributed by atoms with Gasteiger partial charge in [-0.1, -0.05) is 0 Å². The summed E-state index contributed by atoms with van der Waals surface area (Å²) in [5.41, 5.74) is 12.0. The van der Waals surface area contributed by atoms with Gasteiger partial charge in [-0.05, 0) is 61.0 Å². The minimum absolute atomic E-state index is 0.878. The molecule has 78 valence electrons. The van der Waals surface area contributed by atoms with E-state index in [1.54, 1.807) is 11.3 Å². The van der Waals surface area contributed by atoms with Crippen molar-refractivity contribution in [3.8, 4) is 10.4 Å². The Morgan fingerprint density at radius 2 is 1.67 bits per heavy atom. The normalized spacial score (nSPS) is 10.6. The minimum atomic E-state index is 0.878. The van der Waals surface area contributed by atoms with Crippen LogP contribution in [-0.4, -0.2) is 0 Å². The summed E-state index contributed by atoms with van der Waals surface area (Å²) in [7, 11) is 0. The molecular weight excluding hydrogens is 202 g/mol. The molecule has 1 aromatic heterocycles. The maximum Gasteiger partial charge on any atom is 0.0404 e. The van der Waals surface area contributed by atoms with Crippen LogP contribution >= 0.6 is 11.3 Å². The molecule has 0 amide bonds. The SMILES string of the molecule is Cc1cc(N)c(-c2sccc2C)cc1C. The molecule has 2 aromatic rings. The van der Waals surface area contributed by atoms with Crippen LogP contribution in [0, 0.1) is 20.8 Å². The largest absolute Gasteiger partial charge is 0.398 e. The molecule has 0 atom stereocenters. The zero-order valence-corrected chi connectivity index (χ0v) is 10.1. The second-order valence-corrected chi connectivity index (χ2v) is 4.87. The first-order valence-electron chi connectivity index (χ1n) is 5.01. The maximum absolute atomic E-state index is 6.06. The zero-order chi connectivity index (χ0) is 11.0. The lowest BCUT2D eigenvalue weighted by Crippen LogP contribution is -1.93. The number of hydrogen-bond acceptors (Lipinski definition) is 2. The number of aryl methyl sites for hydroxylation is 3. The summed E-state index contributed by atoms with van der Waals surface area (Å²) in [4.78, 5) is 1.29. The Labute approximate surface area is 94.6 Å². The Hall–Kier alpha value is -1.28. The lowest BCUT2D eigenvalue weighted by atomic mass is 10.0. The van der Waals surface area contributed by atoms with E-state index in [1.807, 2.05) is 0 Å². The molecule has 0 saturated carbocycles. The lowest BCUT2D eigenvalue weighted by Gasteiger charge is -2.08. The molecule has 0 aliphatic carbocycles. The van der Waals surface area contributed by atoms with Gasteiger partial charge in [0.15, 0.2) is 0 Å². The van der Waals surface area contributed by atoms with Crippen molar-refractivity contribution in [2.75, 3.05) is 5.73 Å². The summed E-state index contributed by atoms with van der Waals surface area (Å²) in [6.45, 7) is 6.35. The van der Waals surface area contributed by atoms with E-state index in [1.165, 1.54) is 27.1 Å². The van der Waals surface area contributed by atoms with Gasteiger partial charge in [-0.15, -0.1) is 11.3 Å². The van der Waals surface area contributed by atoms with E-state index in [0.29, 0.717) is 0 Å². The molecule has 0 radical (unpaired) electrons. The van der Waals surface area contributed by atoms with Crippen LogP contribution in [0.25, 0.3) is 10.4 Å². The standard InChI is InChI=1S/C13H15NS/c1-8-4-5-15-13(8)11-6-9(2)10(3)7-12(11)14/h4-7H,14H2,1-3H3. The van der Waals surface area contributed by atoms with Gasteiger partial charge >= 0.3 is 0 Å². The van der Waals surface area contributed by atoms with Crippen LogP contribution in [0.1, 0.15) is 16.7 Å². The Bertz CT molecular complexity index is 497. The van der Waals surface area contributed by atoms with Crippen molar-refractivity contribution >= 4 is 17.0 Å². The summed E-state index contributed by atoms with van der Waals surface area (Å²) in [6, 6.07) is 6.38. The molecule has 0 aliphatic rings. The number of nitrogen functional groups attached to an aromatic ring is 1. The minimum Gasteiger partial charge on any atom is -0.398 e. The maximum atomic E-state index is 6.06.